The molecular formula is C12H20F3O6P. The van der Waals surface area contributed by atoms with Gasteiger partial charge in [0, 0.05) is 0 Å². The van der Waals surface area contributed by atoms with Crippen molar-refractivity contribution in [3.8, 4) is 0 Å². The van der Waals surface area contributed by atoms with E-state index in [1.807, 2.05) is 0 Å². The van der Waals surface area contributed by atoms with Crippen molar-refractivity contribution in [1.29, 1.82) is 0 Å². The van der Waals surface area contributed by atoms with Gasteiger partial charge in [0.2, 0.25) is 0 Å². The monoisotopic (exact) mass is 348 g/mol. The van der Waals surface area contributed by atoms with Gasteiger partial charge in [0.1, 0.15) is 12.2 Å². The highest BCUT2D eigenvalue weighted by molar-refractivity contribution is 7.48. The van der Waals surface area contributed by atoms with Gasteiger partial charge in [-0.3, -0.25) is 13.6 Å². The van der Waals surface area contributed by atoms with E-state index in [1.165, 1.54) is 0 Å². The Morgan fingerprint density at radius 1 is 1.00 bits per heavy atom. The Kier molecular flexibility index (Phi) is 9.59. The molecule has 0 bridgehead atoms. The molecule has 0 aliphatic rings. The SMILES string of the molecule is C=C(C(=O)OCCOP(=O)(OCCC)OCCC)C(F)(F)F. The third-order valence-corrected chi connectivity index (χ3v) is 3.56. The van der Waals surface area contributed by atoms with E-state index >= 15 is 0 Å². The third-order valence-electron chi connectivity index (χ3n) is 2.06. The highest BCUT2D eigenvalue weighted by atomic mass is 31.2. The fraction of sp³-hybridized carbons (Fsp3) is 0.750. The van der Waals surface area contributed by atoms with Crippen LogP contribution in [0, 0.1) is 0 Å². The van der Waals surface area contributed by atoms with Crippen molar-refractivity contribution in [2.45, 2.75) is 32.9 Å². The number of alkyl halides is 3. The molecule has 130 valence electrons. The predicted octanol–water partition coefficient (Wildman–Crippen LogP) is 3.63. The Hall–Kier alpha value is -0.890. The van der Waals surface area contributed by atoms with Crippen LogP contribution in [0.1, 0.15) is 26.7 Å². The molecule has 0 saturated heterocycles. The first-order chi connectivity index (χ1) is 10.2. The fourth-order valence-corrected chi connectivity index (χ4v) is 2.34. The van der Waals surface area contributed by atoms with Crippen LogP contribution in [0.2, 0.25) is 0 Å². The Morgan fingerprint density at radius 2 is 1.45 bits per heavy atom. The zero-order valence-electron chi connectivity index (χ0n) is 12.5. The molecule has 10 heteroatoms. The second-order valence-electron chi connectivity index (χ2n) is 4.06. The molecule has 0 radical (unpaired) electrons. The first-order valence-electron chi connectivity index (χ1n) is 6.63. The number of carbonyl (C=O) groups excluding carboxylic acids is 1. The van der Waals surface area contributed by atoms with E-state index in [4.69, 9.17) is 13.6 Å². The molecule has 0 unspecified atom stereocenters. The molecule has 0 saturated carbocycles. The molecule has 0 aromatic carbocycles. The van der Waals surface area contributed by atoms with Crippen molar-refractivity contribution in [2.75, 3.05) is 26.4 Å². The van der Waals surface area contributed by atoms with Gasteiger partial charge in [-0.25, -0.2) is 9.36 Å². The Morgan fingerprint density at radius 3 is 1.86 bits per heavy atom. The molecule has 6 nitrogen and oxygen atoms in total. The molecule has 0 N–H and O–H groups in total. The van der Waals surface area contributed by atoms with E-state index in [1.54, 1.807) is 13.8 Å². The summed E-state index contributed by atoms with van der Waals surface area (Å²) in [7, 11) is -3.80. The number of hydrogen-bond acceptors (Lipinski definition) is 6. The van der Waals surface area contributed by atoms with Crippen molar-refractivity contribution < 1.29 is 40.8 Å². The minimum atomic E-state index is -4.86. The van der Waals surface area contributed by atoms with Gasteiger partial charge in [-0.2, -0.15) is 13.2 Å². The standard InChI is InChI=1S/C12H20F3O6P/c1-4-6-19-22(17,20-7-5-2)21-9-8-18-11(16)10(3)12(13,14)15/h3-9H2,1-2H3. The quantitative estimate of drug-likeness (QED) is 0.246. The number of ether oxygens (including phenoxy) is 1. The summed E-state index contributed by atoms with van der Waals surface area (Å²) in [6, 6.07) is 0. The van der Waals surface area contributed by atoms with Crippen LogP contribution in [-0.2, 0) is 27.7 Å². The lowest BCUT2D eigenvalue weighted by Crippen LogP contribution is -2.22. The molecule has 0 aromatic rings. The maximum Gasteiger partial charge on any atom is 0.474 e. The summed E-state index contributed by atoms with van der Waals surface area (Å²) in [4.78, 5) is 11.0. The zero-order chi connectivity index (χ0) is 17.2. The minimum absolute atomic E-state index is 0.131. The van der Waals surface area contributed by atoms with Gasteiger partial charge in [-0.1, -0.05) is 20.4 Å². The van der Waals surface area contributed by atoms with Crippen molar-refractivity contribution in [1.82, 2.24) is 0 Å². The first kappa shape index (κ1) is 21.1. The average Bonchev–Trinajstić information content (AvgIpc) is 2.45. The smallest absolute Gasteiger partial charge is 0.460 e. The second-order valence-corrected chi connectivity index (χ2v) is 5.73. The van der Waals surface area contributed by atoms with Crippen molar-refractivity contribution in [3.63, 3.8) is 0 Å². The maximum atomic E-state index is 12.2. The van der Waals surface area contributed by atoms with Gasteiger partial charge in [-0.15, -0.1) is 0 Å². The molecule has 0 aliphatic heterocycles. The third kappa shape index (κ3) is 8.53. The molecule has 0 amide bonds. The lowest BCUT2D eigenvalue weighted by molar-refractivity contribution is -0.151. The fourth-order valence-electron chi connectivity index (χ4n) is 1.00. The molecule has 0 spiro atoms. The number of hydrogen-bond donors (Lipinski definition) is 0. The van der Waals surface area contributed by atoms with Crippen LogP contribution in [-0.4, -0.2) is 38.6 Å². The van der Waals surface area contributed by atoms with Crippen LogP contribution in [0.25, 0.3) is 0 Å². The van der Waals surface area contributed by atoms with Crippen LogP contribution < -0.4 is 0 Å². The minimum Gasteiger partial charge on any atom is -0.460 e. The van der Waals surface area contributed by atoms with E-state index in [9.17, 15) is 22.5 Å². The van der Waals surface area contributed by atoms with Gasteiger partial charge in [-0.05, 0) is 12.8 Å². The van der Waals surface area contributed by atoms with Gasteiger partial charge >= 0.3 is 20.0 Å². The van der Waals surface area contributed by atoms with E-state index in [2.05, 4.69) is 11.3 Å². The number of esters is 1. The molecular weight excluding hydrogens is 328 g/mol. The summed E-state index contributed by atoms with van der Waals surface area (Å²) in [5.74, 6) is -1.62. The van der Waals surface area contributed by atoms with Crippen molar-refractivity contribution in [2.24, 2.45) is 0 Å². The van der Waals surface area contributed by atoms with Crippen LogP contribution in [0.3, 0.4) is 0 Å². The highest BCUT2D eigenvalue weighted by Crippen LogP contribution is 2.49. The Balaban J connectivity index is 4.25. The van der Waals surface area contributed by atoms with E-state index in [-0.39, 0.29) is 13.2 Å². The van der Waals surface area contributed by atoms with Gasteiger partial charge in [0.25, 0.3) is 0 Å². The number of phosphoric ester groups is 1. The average molecular weight is 348 g/mol. The Bertz CT molecular complexity index is 398. The molecule has 0 aliphatic carbocycles. The summed E-state index contributed by atoms with van der Waals surface area (Å²) in [6.07, 6.45) is -3.71. The molecule has 0 fully saturated rings. The van der Waals surface area contributed by atoms with E-state index in [0.717, 1.165) is 0 Å². The van der Waals surface area contributed by atoms with Crippen LogP contribution in [0.15, 0.2) is 12.2 Å². The first-order valence-corrected chi connectivity index (χ1v) is 8.09. The zero-order valence-corrected chi connectivity index (χ0v) is 13.4. The van der Waals surface area contributed by atoms with E-state index < -0.39 is 38.8 Å². The number of halogens is 3. The van der Waals surface area contributed by atoms with Gasteiger partial charge < -0.3 is 4.74 Å². The number of carbonyl (C=O) groups is 1. The normalized spacial score (nSPS) is 12.2. The summed E-state index contributed by atoms with van der Waals surface area (Å²) in [5.41, 5.74) is -1.62. The van der Waals surface area contributed by atoms with E-state index in [0.29, 0.717) is 12.8 Å². The van der Waals surface area contributed by atoms with Crippen LogP contribution in [0.5, 0.6) is 0 Å². The van der Waals surface area contributed by atoms with Crippen molar-refractivity contribution >= 4 is 13.8 Å². The molecule has 0 atom stereocenters. The summed E-state index contributed by atoms with van der Waals surface area (Å²) in [6.45, 7) is 5.46. The maximum absolute atomic E-state index is 12.2. The molecule has 0 heterocycles. The van der Waals surface area contributed by atoms with Crippen LogP contribution >= 0.6 is 7.82 Å². The summed E-state index contributed by atoms with van der Waals surface area (Å²) >= 11 is 0. The molecule has 0 aromatic heterocycles. The highest BCUT2D eigenvalue weighted by Gasteiger charge is 2.38. The summed E-state index contributed by atoms with van der Waals surface area (Å²) < 4.78 is 67.7. The number of phosphoric acid groups is 1. The van der Waals surface area contributed by atoms with Crippen LogP contribution in [0.4, 0.5) is 13.2 Å². The topological polar surface area (TPSA) is 71.1 Å². The van der Waals surface area contributed by atoms with Gasteiger partial charge in [0.15, 0.2) is 0 Å². The lowest BCUT2D eigenvalue weighted by atomic mass is 10.3. The second kappa shape index (κ2) is 9.99. The largest absolute Gasteiger partial charge is 0.474 e. The molecule has 0 rings (SSSR count). The predicted molar refractivity (Wildman–Crippen MR) is 72.2 cm³/mol. The van der Waals surface area contributed by atoms with Gasteiger partial charge in [0.05, 0.1) is 19.8 Å². The number of rotatable bonds is 11. The Labute approximate surface area is 127 Å². The molecule has 22 heavy (non-hydrogen) atoms. The summed E-state index contributed by atoms with van der Waals surface area (Å²) in [5, 5.41) is 0. The lowest BCUT2D eigenvalue weighted by Gasteiger charge is -2.17. The van der Waals surface area contributed by atoms with Crippen molar-refractivity contribution in [3.05, 3.63) is 12.2 Å².